The van der Waals surface area contributed by atoms with E-state index in [0.717, 1.165) is 44.2 Å². The van der Waals surface area contributed by atoms with Crippen molar-refractivity contribution in [3.05, 3.63) is 145 Å². The van der Waals surface area contributed by atoms with Crippen LogP contribution in [0.2, 0.25) is 21.9 Å². The first-order valence-corrected chi connectivity index (χ1v) is 23.7. The van der Waals surface area contributed by atoms with Gasteiger partial charge in [-0.1, -0.05) is 97.1 Å². The maximum atomic E-state index is 6.78. The van der Waals surface area contributed by atoms with E-state index in [2.05, 4.69) is 0 Å². The van der Waals surface area contributed by atoms with Crippen LogP contribution in [0.25, 0.3) is 89.7 Å². The summed E-state index contributed by atoms with van der Waals surface area (Å²) in [5.74, 6) is 3.78. The third kappa shape index (κ3) is 7.98. The van der Waals surface area contributed by atoms with Crippen molar-refractivity contribution in [3.63, 3.8) is 0 Å². The van der Waals surface area contributed by atoms with Crippen LogP contribution in [0.15, 0.2) is 133 Å². The Hall–Kier alpha value is -6.32. The Kier molecular flexibility index (Phi) is 12.1. The van der Waals surface area contributed by atoms with E-state index in [-0.39, 0.29) is 44.1 Å². The molecule has 0 amide bonds. The predicted molar refractivity (Wildman–Crippen MR) is 296 cm³/mol. The maximum absolute atomic E-state index is 6.78. The molecule has 73 heavy (non-hydrogen) atoms. The zero-order chi connectivity index (χ0) is 48.9. The number of benzene rings is 6. The minimum atomic E-state index is -0.407. The zero-order valence-electron chi connectivity index (χ0n) is 39.3. The van der Waals surface area contributed by atoms with Gasteiger partial charge in [-0.25, -0.2) is 15.0 Å². The van der Waals surface area contributed by atoms with Crippen LogP contribution in [0.4, 0.5) is 0 Å². The summed E-state index contributed by atoms with van der Waals surface area (Å²) in [6, 6.07) is 43.0. The topological polar surface area (TPSA) is 124 Å². The summed E-state index contributed by atoms with van der Waals surface area (Å²) in [6.45, 7) is -0.303. The van der Waals surface area contributed by atoms with Crippen molar-refractivity contribution < 1.29 is 29.0 Å². The normalized spacial score (nSPS) is 19.1. The number of fused-ring (bicyclic) bond motifs is 20. The first-order chi connectivity index (χ1) is 35.2. The van der Waals surface area contributed by atoms with Crippen LogP contribution in [0.1, 0.15) is 11.1 Å². The second kappa shape index (κ2) is 18.6. The van der Waals surface area contributed by atoms with Crippen molar-refractivity contribution in [1.29, 1.82) is 0 Å². The summed E-state index contributed by atoms with van der Waals surface area (Å²) in [6.07, 6.45) is 1.25. The molecule has 4 atom stereocenters. The van der Waals surface area contributed by atoms with Gasteiger partial charge in [-0.15, -0.1) is 21.9 Å². The molecule has 4 aliphatic rings. The third-order valence-electron chi connectivity index (χ3n) is 14.9. The summed E-state index contributed by atoms with van der Waals surface area (Å²) in [7, 11) is 43.6. The molecule has 6 aromatic carbocycles. The van der Waals surface area contributed by atoms with Gasteiger partial charge in [0.15, 0.2) is 23.1 Å². The largest absolute Gasteiger partial charge is 2.00 e. The molecule has 3 aromatic heterocycles. The number of hydrogen-bond donors (Lipinski definition) is 0. The van der Waals surface area contributed by atoms with Crippen molar-refractivity contribution in [3.8, 4) is 68.5 Å². The van der Waals surface area contributed by atoms with Crippen LogP contribution in [0, 0.1) is 0 Å². The van der Waals surface area contributed by atoms with E-state index in [9.17, 15) is 0 Å². The fourth-order valence-electron chi connectivity index (χ4n) is 10.7. The molecule has 8 bridgehead atoms. The van der Waals surface area contributed by atoms with Crippen LogP contribution in [0.3, 0.4) is 0 Å². The molecule has 7 heterocycles. The molecule has 16 radical (unpaired) electrons. The maximum Gasteiger partial charge on any atom is 2.00 e. The number of aromatic nitrogens is 8. The third-order valence-corrected chi connectivity index (χ3v) is 14.9. The van der Waals surface area contributed by atoms with Crippen LogP contribution in [-0.4, -0.2) is 118 Å². The number of rotatable bonds is 12. The minimum Gasteiger partial charge on any atom is -0.453 e. The fourth-order valence-corrected chi connectivity index (χ4v) is 10.7. The molecule has 0 saturated carbocycles. The van der Waals surface area contributed by atoms with Gasteiger partial charge in [0.05, 0.1) is 39.2 Å². The van der Waals surface area contributed by atoms with Gasteiger partial charge in [-0.2, -0.15) is 0 Å². The standard InChI is InChI=1S/C50H28B12N8O2.Zn/c51-57-47-49(59-53,61(47)55)23-25-13-17-27(18-14-25)71-37-21-35-36(22-38(37)72-28-19-15-26(16-20-28)24-50(60-54)48(58-52)62(50)56)46-69-44-34-12-6-4-10-32(34)42(67-44)65-40-30-8-2-1-7-29(30)39(63-40)64-41-31-9-3-5-11-33(31)43(66-41)68-45(35)70-46;/h1-22,47-48H,23-24H2;/q-2;+2/i57-1,58-1,59-1,60-1,61-1,62-1;. The Morgan fingerprint density at radius 1 is 0.452 bits per heavy atom. The molecular weight excluding hydrogens is 935 g/mol. The average Bonchev–Trinajstić information content (AvgIpc) is 3.73. The predicted octanol–water partition coefficient (Wildman–Crippen LogP) is 6.34. The first-order valence-electron chi connectivity index (χ1n) is 23.7. The zero-order valence-corrected chi connectivity index (χ0v) is 42.3. The second-order valence-electron chi connectivity index (χ2n) is 18.9. The molecule has 4 aliphatic heterocycles. The van der Waals surface area contributed by atoms with Crippen LogP contribution in [0.5, 0.6) is 23.0 Å². The van der Waals surface area contributed by atoms with Crippen molar-refractivity contribution in [2.45, 2.75) is 34.7 Å². The molecule has 9 aromatic rings. The summed E-state index contributed by atoms with van der Waals surface area (Å²) in [5, 5.41) is 2.05. The fraction of sp³-hybridized carbons (Fsp3) is 0.120. The smallest absolute Gasteiger partial charge is 0.453 e. The molecule has 0 N–H and O–H groups in total. The summed E-state index contributed by atoms with van der Waals surface area (Å²) in [4.78, 5) is 40.7. The van der Waals surface area contributed by atoms with Crippen molar-refractivity contribution in [2.24, 2.45) is 0 Å². The molecule has 4 unspecified atom stereocenters. The van der Waals surface area contributed by atoms with Crippen LogP contribution >= 0.6 is 0 Å². The monoisotopic (exact) mass is 962 g/mol. The van der Waals surface area contributed by atoms with Gasteiger partial charge >= 0.3 is 19.5 Å². The van der Waals surface area contributed by atoms with Crippen molar-refractivity contribution in [1.82, 2.24) is 39.9 Å². The van der Waals surface area contributed by atoms with E-state index >= 15 is 0 Å². The second-order valence-corrected chi connectivity index (χ2v) is 18.9. The van der Waals surface area contributed by atoms with Gasteiger partial charge in [-0.05, 0) is 81.9 Å². The van der Waals surface area contributed by atoms with E-state index in [4.69, 9.17) is 95.8 Å². The molecule has 10 nitrogen and oxygen atoms in total. The van der Waals surface area contributed by atoms with E-state index in [1.807, 2.05) is 133 Å². The van der Waals surface area contributed by atoms with E-state index in [0.29, 0.717) is 92.5 Å². The minimum absolute atomic E-state index is 0. The van der Waals surface area contributed by atoms with Crippen LogP contribution < -0.4 is 19.4 Å². The molecule has 2 saturated heterocycles. The van der Waals surface area contributed by atoms with Gasteiger partial charge in [0.1, 0.15) is 11.5 Å². The van der Waals surface area contributed by atoms with Gasteiger partial charge in [0.2, 0.25) is 0 Å². The van der Waals surface area contributed by atoms with Gasteiger partial charge < -0.3 is 34.4 Å². The van der Waals surface area contributed by atoms with E-state index < -0.39 is 10.4 Å². The Morgan fingerprint density at radius 2 is 0.795 bits per heavy atom. The molecule has 2 fully saturated rings. The number of hydrogen-bond acceptors (Lipinski definition) is 8. The Balaban J connectivity index is 0.00000543. The Morgan fingerprint density at radius 3 is 1.16 bits per heavy atom. The summed E-state index contributed by atoms with van der Waals surface area (Å²) >= 11 is 0. The van der Waals surface area contributed by atoms with E-state index in [1.165, 1.54) is 0 Å². The SMILES string of the molecule is [B][10B]C1[10B]([B])C1([10B][B])Cc1ccc(Oc2cc3c4nc5nc(nc6nc(nc7[n-]c(nc([n-]4)c3cc2Oc2ccc(CC3([10B][B])[10B]([B])C3[10B][B])cc2)c2ccccc72)-c2ccccc2-6)-c2ccccc2-5)cc1.[Zn+2]. The molecule has 23 heteroatoms. The molecule has 0 aliphatic carbocycles. The van der Waals surface area contributed by atoms with Crippen LogP contribution in [-0.2, 0) is 32.3 Å². The van der Waals surface area contributed by atoms with Gasteiger partial charge in [0, 0.05) is 106 Å². The quantitative estimate of drug-likeness (QED) is 0.128. The summed E-state index contributed by atoms with van der Waals surface area (Å²) < 4.78 is 13.6. The molecular formula is C50H28B12N8O2Zn. The first kappa shape index (κ1) is 47.7. The average molecular weight is 963 g/mol. The van der Waals surface area contributed by atoms with E-state index in [1.54, 1.807) is 28.7 Å². The molecule has 318 valence electrons. The number of ether oxygens (including phenoxy) is 2. The van der Waals surface area contributed by atoms with Gasteiger partial charge in [-0.3, -0.25) is 0 Å². The van der Waals surface area contributed by atoms with Crippen molar-refractivity contribution >= 4 is 132 Å². The summed E-state index contributed by atoms with van der Waals surface area (Å²) in [5.41, 5.74) is 6.92. The Labute approximate surface area is 446 Å². The molecule has 0 spiro atoms. The molecule has 13 rings (SSSR count). The number of nitrogens with zero attached hydrogens (tertiary/aromatic N) is 8. The Bertz CT molecular complexity index is 3840. The van der Waals surface area contributed by atoms with Gasteiger partial charge in [0.25, 0.3) is 0 Å². The van der Waals surface area contributed by atoms with Crippen molar-refractivity contribution in [2.75, 3.05) is 0 Å².